The highest BCUT2D eigenvalue weighted by Crippen LogP contribution is 2.39. The molecule has 0 spiro atoms. The third-order valence-corrected chi connectivity index (χ3v) is 3.82. The lowest BCUT2D eigenvalue weighted by atomic mass is 9.69. The van der Waals surface area contributed by atoms with Crippen molar-refractivity contribution >= 4 is 5.78 Å². The Kier molecular flexibility index (Phi) is 2.65. The van der Waals surface area contributed by atoms with Crippen LogP contribution in [-0.4, -0.2) is 18.4 Å². The number of carbonyl (C=O) groups is 1. The summed E-state index contributed by atoms with van der Waals surface area (Å²) in [5, 5.41) is 3.47. The highest BCUT2D eigenvalue weighted by atomic mass is 16.1. The Labute approximate surface area is 86.5 Å². The molecular formula is C12H21NO. The van der Waals surface area contributed by atoms with Gasteiger partial charge in [0.25, 0.3) is 0 Å². The van der Waals surface area contributed by atoms with Crippen LogP contribution in [0, 0.1) is 11.3 Å². The van der Waals surface area contributed by atoms with Gasteiger partial charge in [-0.1, -0.05) is 13.8 Å². The van der Waals surface area contributed by atoms with Crippen LogP contribution >= 0.6 is 0 Å². The van der Waals surface area contributed by atoms with Gasteiger partial charge in [-0.25, -0.2) is 0 Å². The zero-order chi connectivity index (χ0) is 10.2. The fourth-order valence-electron chi connectivity index (χ4n) is 2.88. The van der Waals surface area contributed by atoms with Crippen LogP contribution in [0.25, 0.3) is 0 Å². The molecule has 0 aromatic carbocycles. The molecule has 0 bridgehead atoms. The van der Waals surface area contributed by atoms with Crippen LogP contribution in [0.5, 0.6) is 0 Å². The Hall–Kier alpha value is -0.370. The minimum atomic E-state index is 0.307. The normalized spacial score (nSPS) is 37.4. The number of hydrogen-bond donors (Lipinski definition) is 1. The Morgan fingerprint density at radius 2 is 2.21 bits per heavy atom. The molecule has 2 aliphatic rings. The Morgan fingerprint density at radius 3 is 2.86 bits per heavy atom. The quantitative estimate of drug-likeness (QED) is 0.694. The molecule has 0 aromatic heterocycles. The summed E-state index contributed by atoms with van der Waals surface area (Å²) < 4.78 is 0. The second kappa shape index (κ2) is 3.65. The predicted octanol–water partition coefficient (Wildman–Crippen LogP) is 2.13. The number of hydrogen-bond acceptors (Lipinski definition) is 2. The van der Waals surface area contributed by atoms with E-state index in [0.29, 0.717) is 23.2 Å². The highest BCUT2D eigenvalue weighted by Gasteiger charge is 2.38. The summed E-state index contributed by atoms with van der Waals surface area (Å²) in [7, 11) is 0. The molecule has 1 aliphatic carbocycles. The minimum Gasteiger partial charge on any atom is -0.313 e. The first kappa shape index (κ1) is 10.2. The molecule has 1 saturated heterocycles. The van der Waals surface area contributed by atoms with Gasteiger partial charge in [0.2, 0.25) is 0 Å². The van der Waals surface area contributed by atoms with Crippen molar-refractivity contribution in [3.8, 4) is 0 Å². The lowest BCUT2D eigenvalue weighted by Crippen LogP contribution is -2.41. The maximum absolute atomic E-state index is 11.8. The van der Waals surface area contributed by atoms with Crippen molar-refractivity contribution in [2.75, 3.05) is 6.54 Å². The standard InChI is InChI=1S/C12H21NO/c1-12(2)6-5-11(14)9(8-12)10-4-3-7-13-10/h9-10,13H,3-8H2,1-2H3. The van der Waals surface area contributed by atoms with Crippen molar-refractivity contribution < 1.29 is 4.79 Å². The van der Waals surface area contributed by atoms with Crippen molar-refractivity contribution in [3.63, 3.8) is 0 Å². The van der Waals surface area contributed by atoms with Gasteiger partial charge < -0.3 is 5.32 Å². The van der Waals surface area contributed by atoms with Gasteiger partial charge in [0.1, 0.15) is 5.78 Å². The van der Waals surface area contributed by atoms with Crippen molar-refractivity contribution in [2.45, 2.75) is 52.0 Å². The third kappa shape index (κ3) is 2.00. The van der Waals surface area contributed by atoms with Gasteiger partial charge in [0.05, 0.1) is 0 Å². The average molecular weight is 195 g/mol. The largest absolute Gasteiger partial charge is 0.313 e. The molecule has 2 atom stereocenters. The summed E-state index contributed by atoms with van der Waals surface area (Å²) in [6.45, 7) is 5.69. The molecule has 80 valence electrons. The number of rotatable bonds is 1. The van der Waals surface area contributed by atoms with Crippen molar-refractivity contribution in [1.82, 2.24) is 5.32 Å². The van der Waals surface area contributed by atoms with E-state index in [0.717, 1.165) is 25.8 Å². The molecule has 0 aromatic rings. The average Bonchev–Trinajstić information content (AvgIpc) is 2.62. The summed E-state index contributed by atoms with van der Waals surface area (Å²) >= 11 is 0. The van der Waals surface area contributed by atoms with E-state index in [1.165, 1.54) is 12.8 Å². The summed E-state index contributed by atoms with van der Waals surface area (Å²) in [5.41, 5.74) is 0.378. The monoisotopic (exact) mass is 195 g/mol. The zero-order valence-electron chi connectivity index (χ0n) is 9.31. The molecule has 14 heavy (non-hydrogen) atoms. The fraction of sp³-hybridized carbons (Fsp3) is 0.917. The molecule has 2 rings (SSSR count). The first-order chi connectivity index (χ1) is 6.58. The smallest absolute Gasteiger partial charge is 0.137 e. The summed E-state index contributed by atoms with van der Waals surface area (Å²) in [4.78, 5) is 11.8. The SMILES string of the molecule is CC1(C)CCC(=O)C(C2CCCN2)C1. The Morgan fingerprint density at radius 1 is 1.43 bits per heavy atom. The van der Waals surface area contributed by atoms with E-state index >= 15 is 0 Å². The van der Waals surface area contributed by atoms with E-state index in [1.54, 1.807) is 0 Å². The lowest BCUT2D eigenvalue weighted by Gasteiger charge is -2.37. The number of nitrogens with one attached hydrogen (secondary N) is 1. The van der Waals surface area contributed by atoms with Crippen LogP contribution in [0.1, 0.15) is 46.0 Å². The molecule has 1 aliphatic heterocycles. The molecule has 1 N–H and O–H groups in total. The van der Waals surface area contributed by atoms with Crippen LogP contribution in [-0.2, 0) is 4.79 Å². The third-order valence-electron chi connectivity index (χ3n) is 3.82. The molecule has 0 radical (unpaired) electrons. The van der Waals surface area contributed by atoms with Gasteiger partial charge in [-0.3, -0.25) is 4.79 Å². The highest BCUT2D eigenvalue weighted by molar-refractivity contribution is 5.82. The molecule has 2 fully saturated rings. The van der Waals surface area contributed by atoms with Crippen LogP contribution in [0.4, 0.5) is 0 Å². The number of ketones is 1. The molecule has 2 nitrogen and oxygen atoms in total. The van der Waals surface area contributed by atoms with E-state index in [4.69, 9.17) is 0 Å². The number of carbonyl (C=O) groups excluding carboxylic acids is 1. The van der Waals surface area contributed by atoms with Crippen LogP contribution in [0.15, 0.2) is 0 Å². The topological polar surface area (TPSA) is 29.1 Å². The van der Waals surface area contributed by atoms with Gasteiger partial charge in [-0.05, 0) is 37.6 Å². The molecule has 1 heterocycles. The number of Topliss-reactive ketones (excluding diaryl/α,β-unsaturated/α-hetero) is 1. The van der Waals surface area contributed by atoms with Gasteiger partial charge in [0, 0.05) is 18.4 Å². The van der Waals surface area contributed by atoms with Crippen molar-refractivity contribution in [1.29, 1.82) is 0 Å². The first-order valence-corrected chi connectivity index (χ1v) is 5.85. The molecule has 2 heteroatoms. The second-order valence-corrected chi connectivity index (χ2v) is 5.64. The maximum atomic E-state index is 11.8. The summed E-state index contributed by atoms with van der Waals surface area (Å²) in [6, 6.07) is 0.488. The lowest BCUT2D eigenvalue weighted by molar-refractivity contribution is -0.128. The van der Waals surface area contributed by atoms with E-state index in [2.05, 4.69) is 19.2 Å². The predicted molar refractivity (Wildman–Crippen MR) is 57.2 cm³/mol. The van der Waals surface area contributed by atoms with Gasteiger partial charge in [-0.2, -0.15) is 0 Å². The minimum absolute atomic E-state index is 0.307. The van der Waals surface area contributed by atoms with Crippen molar-refractivity contribution in [3.05, 3.63) is 0 Å². The Bertz CT molecular complexity index is 228. The molecule has 1 saturated carbocycles. The second-order valence-electron chi connectivity index (χ2n) is 5.64. The summed E-state index contributed by atoms with van der Waals surface area (Å²) in [5.74, 6) is 0.810. The van der Waals surface area contributed by atoms with Gasteiger partial charge in [-0.15, -0.1) is 0 Å². The van der Waals surface area contributed by atoms with Crippen LogP contribution in [0.3, 0.4) is 0 Å². The van der Waals surface area contributed by atoms with E-state index in [9.17, 15) is 4.79 Å². The van der Waals surface area contributed by atoms with E-state index < -0.39 is 0 Å². The van der Waals surface area contributed by atoms with Crippen LogP contribution < -0.4 is 5.32 Å². The van der Waals surface area contributed by atoms with E-state index in [1.807, 2.05) is 0 Å². The molecule has 0 amide bonds. The first-order valence-electron chi connectivity index (χ1n) is 5.85. The van der Waals surface area contributed by atoms with Crippen LogP contribution in [0.2, 0.25) is 0 Å². The van der Waals surface area contributed by atoms with Gasteiger partial charge in [0.15, 0.2) is 0 Å². The van der Waals surface area contributed by atoms with Crippen molar-refractivity contribution in [2.24, 2.45) is 11.3 Å². The van der Waals surface area contributed by atoms with Gasteiger partial charge >= 0.3 is 0 Å². The molecule has 2 unspecified atom stereocenters. The Balaban J connectivity index is 2.04. The summed E-state index contributed by atoms with van der Waals surface area (Å²) in [6.07, 6.45) is 5.41. The maximum Gasteiger partial charge on any atom is 0.137 e. The zero-order valence-corrected chi connectivity index (χ0v) is 9.31. The van der Waals surface area contributed by atoms with E-state index in [-0.39, 0.29) is 0 Å². The fourth-order valence-corrected chi connectivity index (χ4v) is 2.88. The molecular weight excluding hydrogens is 174 g/mol.